The van der Waals surface area contributed by atoms with Crippen LogP contribution in [0.1, 0.15) is 0 Å². The second-order valence-electron chi connectivity index (χ2n) is 0.303. The summed E-state index contributed by atoms with van der Waals surface area (Å²) in [6, 6.07) is 0. The van der Waals surface area contributed by atoms with Crippen molar-refractivity contribution in [3.05, 3.63) is 11.6 Å². The summed E-state index contributed by atoms with van der Waals surface area (Å²) in [4.78, 5) is 1.90. The standard InChI is InChI=1S/C2H5PSe/c1-2-4-3/h2H,1,3H2. The van der Waals surface area contributed by atoms with Gasteiger partial charge in [0.05, 0.1) is 0 Å². The first-order chi connectivity index (χ1) is 1.91. The van der Waals surface area contributed by atoms with Crippen LogP contribution in [0.3, 0.4) is 0 Å². The Morgan fingerprint density at radius 1 is 2.00 bits per heavy atom. The van der Waals surface area contributed by atoms with Crippen molar-refractivity contribution in [1.82, 2.24) is 0 Å². The fraction of sp³-hybridized carbons (Fsp3) is 0. The van der Waals surface area contributed by atoms with Crippen molar-refractivity contribution >= 4 is 22.4 Å². The number of hydrogen-bond acceptors (Lipinski definition) is 0. The average Bonchev–Trinajstić information content (AvgIpc) is 1.37. The zero-order chi connectivity index (χ0) is 3.41. The molecule has 0 saturated heterocycles. The van der Waals surface area contributed by atoms with Gasteiger partial charge in [0, 0.05) is 0 Å². The molecule has 0 radical (unpaired) electrons. The third kappa shape index (κ3) is 2.69. The Hall–Kier alpha value is 0.689. The van der Waals surface area contributed by atoms with Crippen LogP contribution in [-0.4, -0.2) is 14.5 Å². The maximum atomic E-state index is 3.49. The number of rotatable bonds is 1. The minimum atomic E-state index is 0.597. The first kappa shape index (κ1) is 4.69. The summed E-state index contributed by atoms with van der Waals surface area (Å²) < 4.78 is 0. The Balaban J connectivity index is 2.30. The summed E-state index contributed by atoms with van der Waals surface area (Å²) in [7, 11) is 2.60. The SMILES string of the molecule is C=C[Se]P. The van der Waals surface area contributed by atoms with Gasteiger partial charge in [-0.25, -0.2) is 0 Å². The van der Waals surface area contributed by atoms with E-state index in [4.69, 9.17) is 0 Å². The third-order valence-electron chi connectivity index (χ3n) is 0.0962. The summed E-state index contributed by atoms with van der Waals surface area (Å²) in [5, 5.41) is 0. The van der Waals surface area contributed by atoms with Crippen molar-refractivity contribution in [2.45, 2.75) is 0 Å². The van der Waals surface area contributed by atoms with Crippen LogP contribution < -0.4 is 0 Å². The Morgan fingerprint density at radius 3 is 2.25 bits per heavy atom. The third-order valence-corrected chi connectivity index (χ3v) is 1.50. The summed E-state index contributed by atoms with van der Waals surface area (Å²) in [5.41, 5.74) is 0. The van der Waals surface area contributed by atoms with Crippen LogP contribution in [0.2, 0.25) is 0 Å². The van der Waals surface area contributed by atoms with Gasteiger partial charge in [0.25, 0.3) is 0 Å². The van der Waals surface area contributed by atoms with Crippen LogP contribution in [0.4, 0.5) is 0 Å². The van der Waals surface area contributed by atoms with Gasteiger partial charge in [-0.15, -0.1) is 0 Å². The van der Waals surface area contributed by atoms with E-state index in [9.17, 15) is 0 Å². The number of hydrogen-bond donors (Lipinski definition) is 0. The minimum absolute atomic E-state index is 0.597. The normalized spacial score (nSPS) is 6.25. The van der Waals surface area contributed by atoms with Crippen molar-refractivity contribution in [3.8, 4) is 0 Å². The fourth-order valence-electron chi connectivity index (χ4n) is 0. The van der Waals surface area contributed by atoms with Gasteiger partial charge in [-0.05, 0) is 0 Å². The monoisotopic (exact) mass is 140 g/mol. The van der Waals surface area contributed by atoms with Crippen LogP contribution in [0.25, 0.3) is 0 Å². The quantitative estimate of drug-likeness (QED) is 0.369. The predicted molar refractivity (Wildman–Crippen MR) is 25.7 cm³/mol. The first-order valence-electron chi connectivity index (χ1n) is 0.880. The van der Waals surface area contributed by atoms with E-state index in [1.165, 1.54) is 0 Å². The molecule has 0 fully saturated rings. The van der Waals surface area contributed by atoms with Crippen LogP contribution in [0.15, 0.2) is 11.6 Å². The molecule has 24 valence electrons. The van der Waals surface area contributed by atoms with Crippen molar-refractivity contribution in [1.29, 1.82) is 0 Å². The molecule has 0 heterocycles. The molecule has 0 rings (SSSR count). The molecule has 1 unspecified atom stereocenters. The van der Waals surface area contributed by atoms with E-state index in [1.807, 2.05) is 4.97 Å². The van der Waals surface area contributed by atoms with E-state index >= 15 is 0 Å². The van der Waals surface area contributed by atoms with Gasteiger partial charge in [-0.3, -0.25) is 0 Å². The summed E-state index contributed by atoms with van der Waals surface area (Å²) in [6.45, 7) is 3.49. The van der Waals surface area contributed by atoms with Gasteiger partial charge in [-0.1, -0.05) is 0 Å². The van der Waals surface area contributed by atoms with Gasteiger partial charge in [0.1, 0.15) is 0 Å². The van der Waals surface area contributed by atoms with Crippen LogP contribution in [-0.2, 0) is 0 Å². The van der Waals surface area contributed by atoms with E-state index in [0.29, 0.717) is 14.5 Å². The molecule has 0 amide bonds. The Bertz CT molecular complexity index is 20.0. The fourth-order valence-corrected chi connectivity index (χ4v) is 0. The van der Waals surface area contributed by atoms with Crippen LogP contribution in [0.5, 0.6) is 0 Å². The predicted octanol–water partition coefficient (Wildman–Crippen LogP) is 0.624. The molecule has 0 bridgehead atoms. The summed E-state index contributed by atoms with van der Waals surface area (Å²) in [6.07, 6.45) is 0. The molecule has 0 aromatic rings. The van der Waals surface area contributed by atoms with Crippen molar-refractivity contribution in [2.24, 2.45) is 0 Å². The molecule has 2 heteroatoms. The van der Waals surface area contributed by atoms with E-state index in [2.05, 4.69) is 14.5 Å². The molecule has 0 saturated carbocycles. The van der Waals surface area contributed by atoms with Crippen molar-refractivity contribution in [3.63, 3.8) is 0 Å². The van der Waals surface area contributed by atoms with Gasteiger partial charge in [0.15, 0.2) is 0 Å². The van der Waals surface area contributed by atoms with Crippen LogP contribution >= 0.6 is 7.93 Å². The Morgan fingerprint density at radius 2 is 2.25 bits per heavy atom. The van der Waals surface area contributed by atoms with Gasteiger partial charge >= 0.3 is 34.0 Å². The topological polar surface area (TPSA) is 0 Å². The molecule has 0 aliphatic heterocycles. The molecule has 0 aromatic carbocycles. The average molecular weight is 139 g/mol. The van der Waals surface area contributed by atoms with Crippen molar-refractivity contribution < 1.29 is 0 Å². The van der Waals surface area contributed by atoms with E-state index in [1.54, 1.807) is 0 Å². The zero-order valence-corrected chi connectivity index (χ0v) is 5.14. The molecule has 0 nitrogen and oxygen atoms in total. The molecule has 0 aliphatic rings. The molecule has 1 atom stereocenters. The molecular formula is C2H5PSe. The molecule has 4 heavy (non-hydrogen) atoms. The van der Waals surface area contributed by atoms with Crippen molar-refractivity contribution in [2.75, 3.05) is 0 Å². The molecule has 0 aromatic heterocycles. The van der Waals surface area contributed by atoms with Gasteiger partial charge in [0.2, 0.25) is 0 Å². The van der Waals surface area contributed by atoms with Gasteiger partial charge in [-0.2, -0.15) is 0 Å². The van der Waals surface area contributed by atoms with E-state index in [-0.39, 0.29) is 0 Å². The zero-order valence-electron chi connectivity index (χ0n) is 2.27. The van der Waals surface area contributed by atoms with E-state index < -0.39 is 0 Å². The van der Waals surface area contributed by atoms with Crippen LogP contribution in [0, 0.1) is 0 Å². The first-order valence-corrected chi connectivity index (χ1v) is 5.31. The van der Waals surface area contributed by atoms with Gasteiger partial charge < -0.3 is 0 Å². The Kier molecular flexibility index (Phi) is 4.33. The second kappa shape index (κ2) is 3.69. The summed E-state index contributed by atoms with van der Waals surface area (Å²) in [5.74, 6) is 0. The summed E-state index contributed by atoms with van der Waals surface area (Å²) >= 11 is 0.597. The Labute approximate surface area is 34.6 Å². The molecule has 0 N–H and O–H groups in total. The molecule has 0 spiro atoms. The maximum absolute atomic E-state index is 3.49. The molecule has 0 aliphatic carbocycles. The molecular weight excluding hydrogens is 134 g/mol. The van der Waals surface area contributed by atoms with E-state index in [0.717, 1.165) is 0 Å². The second-order valence-corrected chi connectivity index (χ2v) is 2.99.